The zero-order valence-electron chi connectivity index (χ0n) is 11.7. The van der Waals surface area contributed by atoms with Crippen LogP contribution >= 0.6 is 15.9 Å². The summed E-state index contributed by atoms with van der Waals surface area (Å²) in [7, 11) is 2.08. The number of rotatable bonds is 6. The summed E-state index contributed by atoms with van der Waals surface area (Å²) in [6.45, 7) is 1.78. The van der Waals surface area contributed by atoms with E-state index in [-0.39, 0.29) is 0 Å². The van der Waals surface area contributed by atoms with Crippen molar-refractivity contribution in [3.05, 3.63) is 70.2 Å². The van der Waals surface area contributed by atoms with Gasteiger partial charge < -0.3 is 10.0 Å². The van der Waals surface area contributed by atoms with Gasteiger partial charge in [-0.2, -0.15) is 0 Å². The van der Waals surface area contributed by atoms with Gasteiger partial charge in [0.15, 0.2) is 0 Å². The third kappa shape index (κ3) is 4.75. The van der Waals surface area contributed by atoms with Crippen LogP contribution in [0.2, 0.25) is 0 Å². The average molecular weight is 334 g/mol. The number of halogens is 1. The van der Waals surface area contributed by atoms with Gasteiger partial charge in [-0.15, -0.1) is 0 Å². The molecule has 0 fully saturated rings. The van der Waals surface area contributed by atoms with Crippen LogP contribution in [0.4, 0.5) is 0 Å². The van der Waals surface area contributed by atoms with Crippen molar-refractivity contribution in [2.45, 2.75) is 19.1 Å². The lowest BCUT2D eigenvalue weighted by atomic mass is 10.1. The van der Waals surface area contributed by atoms with Crippen molar-refractivity contribution in [3.63, 3.8) is 0 Å². The molecule has 106 valence electrons. The number of aliphatic hydroxyl groups is 1. The van der Waals surface area contributed by atoms with Crippen LogP contribution in [-0.2, 0) is 6.54 Å². The summed E-state index contributed by atoms with van der Waals surface area (Å²) >= 11 is 3.40. The summed E-state index contributed by atoms with van der Waals surface area (Å²) in [5, 5.41) is 10.2. The Balaban J connectivity index is 1.81. The van der Waals surface area contributed by atoms with E-state index in [0.29, 0.717) is 0 Å². The Hall–Kier alpha value is -1.16. The highest BCUT2D eigenvalue weighted by Gasteiger charge is 2.09. The molecule has 1 N–H and O–H groups in total. The van der Waals surface area contributed by atoms with Crippen LogP contribution in [0, 0.1) is 0 Å². The summed E-state index contributed by atoms with van der Waals surface area (Å²) in [6.07, 6.45) is 0.339. The first-order chi connectivity index (χ1) is 9.65. The molecule has 0 aromatic heterocycles. The summed E-state index contributed by atoms with van der Waals surface area (Å²) in [4.78, 5) is 2.23. The van der Waals surface area contributed by atoms with E-state index in [0.717, 1.165) is 29.5 Å². The van der Waals surface area contributed by atoms with Crippen molar-refractivity contribution < 1.29 is 5.11 Å². The molecule has 1 atom stereocenters. The maximum Gasteiger partial charge on any atom is 0.0802 e. The molecule has 2 nitrogen and oxygen atoms in total. The number of hydrogen-bond acceptors (Lipinski definition) is 2. The molecule has 2 aromatic carbocycles. The Morgan fingerprint density at radius 1 is 1.05 bits per heavy atom. The Bertz CT molecular complexity index is 512. The number of hydrogen-bond donors (Lipinski definition) is 1. The normalized spacial score (nSPS) is 12.6. The van der Waals surface area contributed by atoms with Gasteiger partial charge in [0.1, 0.15) is 0 Å². The fraction of sp³-hybridized carbons (Fsp3) is 0.294. The van der Waals surface area contributed by atoms with Gasteiger partial charge in [0.25, 0.3) is 0 Å². The van der Waals surface area contributed by atoms with Crippen LogP contribution in [0.5, 0.6) is 0 Å². The van der Waals surface area contributed by atoms with Crippen molar-refractivity contribution in [1.82, 2.24) is 4.90 Å². The Morgan fingerprint density at radius 3 is 2.35 bits per heavy atom. The van der Waals surface area contributed by atoms with Gasteiger partial charge in [-0.25, -0.2) is 0 Å². The molecule has 0 radical (unpaired) electrons. The van der Waals surface area contributed by atoms with Crippen molar-refractivity contribution in [2.24, 2.45) is 0 Å². The smallest absolute Gasteiger partial charge is 0.0802 e. The molecule has 0 heterocycles. The summed E-state index contributed by atoms with van der Waals surface area (Å²) < 4.78 is 1.04. The van der Waals surface area contributed by atoms with Crippen molar-refractivity contribution >= 4 is 15.9 Å². The topological polar surface area (TPSA) is 23.5 Å². The molecule has 0 aliphatic carbocycles. The van der Waals surface area contributed by atoms with Gasteiger partial charge in [0.2, 0.25) is 0 Å². The van der Waals surface area contributed by atoms with Gasteiger partial charge in [0, 0.05) is 17.6 Å². The highest BCUT2D eigenvalue weighted by atomic mass is 79.9. The van der Waals surface area contributed by atoms with Crippen LogP contribution in [0.25, 0.3) is 0 Å². The van der Waals surface area contributed by atoms with Gasteiger partial charge >= 0.3 is 0 Å². The predicted octanol–water partition coefficient (Wildman–Crippen LogP) is 4.00. The molecule has 2 aromatic rings. The van der Waals surface area contributed by atoms with E-state index in [2.05, 4.69) is 52.1 Å². The monoisotopic (exact) mass is 333 g/mol. The zero-order valence-corrected chi connectivity index (χ0v) is 13.3. The minimum absolute atomic E-state index is 0.402. The number of aliphatic hydroxyl groups excluding tert-OH is 1. The Labute approximate surface area is 129 Å². The highest BCUT2D eigenvalue weighted by Crippen LogP contribution is 2.19. The second kappa shape index (κ2) is 7.58. The van der Waals surface area contributed by atoms with Crippen LogP contribution in [0.1, 0.15) is 23.7 Å². The van der Waals surface area contributed by atoms with Crippen LogP contribution in [-0.4, -0.2) is 23.6 Å². The molecular weight excluding hydrogens is 314 g/mol. The lowest BCUT2D eigenvalue weighted by molar-refractivity contribution is 0.147. The average Bonchev–Trinajstić information content (AvgIpc) is 2.46. The molecule has 0 saturated carbocycles. The minimum atomic E-state index is -0.402. The summed E-state index contributed by atoms with van der Waals surface area (Å²) in [6, 6.07) is 18.3. The first-order valence-corrected chi connectivity index (χ1v) is 7.60. The van der Waals surface area contributed by atoms with Gasteiger partial charge in [-0.3, -0.25) is 0 Å². The Kier molecular flexibility index (Phi) is 5.77. The second-order valence-electron chi connectivity index (χ2n) is 5.08. The SMILES string of the molecule is CN(CCC(O)c1ccc(Br)cc1)Cc1ccccc1. The molecular formula is C17H20BrNO. The first kappa shape index (κ1) is 15.2. The summed E-state index contributed by atoms with van der Waals surface area (Å²) in [5.41, 5.74) is 2.27. The molecule has 2 rings (SSSR count). The molecule has 0 amide bonds. The standard InChI is InChI=1S/C17H20BrNO/c1-19(13-14-5-3-2-4-6-14)12-11-17(20)15-7-9-16(18)10-8-15/h2-10,17,20H,11-13H2,1H3. The largest absolute Gasteiger partial charge is 0.388 e. The molecule has 0 spiro atoms. The molecule has 0 saturated heterocycles. The third-order valence-electron chi connectivity index (χ3n) is 3.33. The molecule has 20 heavy (non-hydrogen) atoms. The Morgan fingerprint density at radius 2 is 1.70 bits per heavy atom. The van der Waals surface area contributed by atoms with Crippen molar-refractivity contribution in [2.75, 3.05) is 13.6 Å². The van der Waals surface area contributed by atoms with Gasteiger partial charge in [0.05, 0.1) is 6.10 Å². The van der Waals surface area contributed by atoms with E-state index in [1.807, 2.05) is 30.3 Å². The fourth-order valence-electron chi connectivity index (χ4n) is 2.17. The minimum Gasteiger partial charge on any atom is -0.388 e. The van der Waals surface area contributed by atoms with Crippen molar-refractivity contribution in [1.29, 1.82) is 0 Å². The first-order valence-electron chi connectivity index (χ1n) is 6.81. The lowest BCUT2D eigenvalue weighted by Crippen LogP contribution is -2.20. The van der Waals surface area contributed by atoms with Crippen molar-refractivity contribution in [3.8, 4) is 0 Å². The summed E-state index contributed by atoms with van der Waals surface area (Å²) in [5.74, 6) is 0. The quantitative estimate of drug-likeness (QED) is 0.863. The van der Waals surface area contributed by atoms with Gasteiger partial charge in [-0.1, -0.05) is 58.4 Å². The fourth-order valence-corrected chi connectivity index (χ4v) is 2.43. The third-order valence-corrected chi connectivity index (χ3v) is 3.86. The van der Waals surface area contributed by atoms with E-state index in [4.69, 9.17) is 0 Å². The van der Waals surface area contributed by atoms with E-state index in [1.165, 1.54) is 5.56 Å². The second-order valence-corrected chi connectivity index (χ2v) is 6.00. The van der Waals surface area contributed by atoms with E-state index >= 15 is 0 Å². The highest BCUT2D eigenvalue weighted by molar-refractivity contribution is 9.10. The molecule has 1 unspecified atom stereocenters. The molecule has 0 aliphatic heterocycles. The lowest BCUT2D eigenvalue weighted by Gasteiger charge is -2.19. The van der Waals surface area contributed by atoms with Gasteiger partial charge in [-0.05, 0) is 36.7 Å². The van der Waals surface area contributed by atoms with E-state index in [9.17, 15) is 5.11 Å². The molecule has 0 aliphatic rings. The maximum absolute atomic E-state index is 10.2. The van der Waals surface area contributed by atoms with Crippen LogP contribution in [0.15, 0.2) is 59.1 Å². The van der Waals surface area contributed by atoms with E-state index < -0.39 is 6.10 Å². The molecule has 0 bridgehead atoms. The van der Waals surface area contributed by atoms with E-state index in [1.54, 1.807) is 0 Å². The number of nitrogens with zero attached hydrogens (tertiary/aromatic N) is 1. The zero-order chi connectivity index (χ0) is 14.4. The van der Waals surface area contributed by atoms with Crippen LogP contribution < -0.4 is 0 Å². The molecule has 3 heteroatoms. The van der Waals surface area contributed by atoms with Crippen LogP contribution in [0.3, 0.4) is 0 Å². The predicted molar refractivity (Wildman–Crippen MR) is 86.5 cm³/mol. The maximum atomic E-state index is 10.2. The number of benzene rings is 2.